The van der Waals surface area contributed by atoms with Gasteiger partial charge in [0.05, 0.1) is 0 Å². The first-order chi connectivity index (χ1) is 4.15. The van der Waals surface area contributed by atoms with Crippen LogP contribution in [0.25, 0.3) is 0 Å². The average Bonchev–Trinajstić information content (AvgIpc) is 2.16. The van der Waals surface area contributed by atoms with E-state index in [0.29, 0.717) is 0 Å². The molecule has 1 rings (SSSR count). The molecular weight excluding hydrogens is 321 g/mol. The fourth-order valence-corrected chi connectivity index (χ4v) is 0.666. The molecule has 46 valence electrons. The molecule has 0 aromatic heterocycles. The Morgan fingerprint density at radius 3 is 2.11 bits per heavy atom. The van der Waals surface area contributed by atoms with Crippen LogP contribution in [0.4, 0.5) is 0 Å². The van der Waals surface area contributed by atoms with Crippen molar-refractivity contribution in [3.05, 3.63) is 10.1 Å². The van der Waals surface area contributed by atoms with Crippen molar-refractivity contribution in [2.75, 3.05) is 0 Å². The number of hydrogen-bond acceptors (Lipinski definition) is 6. The molecule has 0 atom stereocenters. The second-order valence-electron chi connectivity index (χ2n) is 1.32. The van der Waals surface area contributed by atoms with Gasteiger partial charge in [-0.3, -0.25) is 0 Å². The van der Waals surface area contributed by atoms with E-state index in [1.807, 2.05) is 0 Å². The van der Waals surface area contributed by atoms with Crippen molar-refractivity contribution >= 4 is 25.8 Å². The molecule has 0 saturated heterocycles. The van der Waals surface area contributed by atoms with Gasteiger partial charge in [-0.05, 0) is 0 Å². The molecule has 0 saturated carbocycles. The predicted octanol–water partition coefficient (Wildman–Crippen LogP) is -0.392. The molecule has 0 aliphatic carbocycles. The summed E-state index contributed by atoms with van der Waals surface area (Å²) in [6.07, 6.45) is 0. The summed E-state index contributed by atoms with van der Waals surface area (Å²) in [5.74, 6) is 0. The maximum absolute atomic E-state index is 10.1. The molecule has 2 radical (unpaired) electrons. The molecule has 0 N–H and O–H groups in total. The SMILES string of the molecule is O=[N+]([O-])[C]1([PbH])N=NN=N1. The van der Waals surface area contributed by atoms with Gasteiger partial charge in [-0.15, -0.1) is 0 Å². The Hall–Kier alpha value is -0.478. The van der Waals surface area contributed by atoms with Gasteiger partial charge in [0.1, 0.15) is 0 Å². The summed E-state index contributed by atoms with van der Waals surface area (Å²) >= 11 is -0.00694. The summed E-state index contributed by atoms with van der Waals surface area (Å²) in [6, 6.07) is 0. The van der Waals surface area contributed by atoms with E-state index >= 15 is 0 Å². The van der Waals surface area contributed by atoms with E-state index < -0.39 is 8.27 Å². The van der Waals surface area contributed by atoms with E-state index in [4.69, 9.17) is 0 Å². The Bertz CT molecular complexity index is 185. The van der Waals surface area contributed by atoms with Gasteiger partial charge in [0.2, 0.25) is 0 Å². The first-order valence-electron chi connectivity index (χ1n) is 1.92. The van der Waals surface area contributed by atoms with Gasteiger partial charge < -0.3 is 0 Å². The number of hydrogen-bond donors (Lipinski definition) is 0. The van der Waals surface area contributed by atoms with Crippen LogP contribution in [-0.2, 0) is 0 Å². The third-order valence-corrected chi connectivity index (χ3v) is 2.41. The van der Waals surface area contributed by atoms with Crippen molar-refractivity contribution in [2.24, 2.45) is 20.7 Å². The van der Waals surface area contributed by atoms with Gasteiger partial charge in [0.15, 0.2) is 0 Å². The van der Waals surface area contributed by atoms with Crippen LogP contribution in [0.5, 0.6) is 0 Å². The molecular formula is CHN5O2Pb. The summed E-state index contributed by atoms with van der Waals surface area (Å²) in [5.41, 5.74) is 0. The fourth-order valence-electron chi connectivity index (χ4n) is 0.265. The first kappa shape index (κ1) is 6.64. The summed E-state index contributed by atoms with van der Waals surface area (Å²) in [7, 11) is 0. The summed E-state index contributed by atoms with van der Waals surface area (Å²) < 4.78 is -1.50. The van der Waals surface area contributed by atoms with Crippen LogP contribution in [0.1, 0.15) is 0 Å². The van der Waals surface area contributed by atoms with E-state index in [1.54, 1.807) is 0 Å². The molecule has 0 fully saturated rings. The molecule has 7 nitrogen and oxygen atoms in total. The van der Waals surface area contributed by atoms with Crippen LogP contribution in [0, 0.1) is 10.1 Å². The molecule has 1 heterocycles. The Morgan fingerprint density at radius 2 is 1.89 bits per heavy atom. The summed E-state index contributed by atoms with van der Waals surface area (Å²) in [6.45, 7) is 0. The Morgan fingerprint density at radius 1 is 1.44 bits per heavy atom. The predicted molar refractivity (Wildman–Crippen MR) is 26.6 cm³/mol. The topological polar surface area (TPSA) is 92.6 Å². The molecule has 0 unspecified atom stereocenters. The van der Waals surface area contributed by atoms with E-state index in [0.717, 1.165) is 0 Å². The normalized spacial score (nSPS) is 20.6. The Balaban J connectivity index is 2.88. The van der Waals surface area contributed by atoms with Crippen LogP contribution in [0.15, 0.2) is 20.7 Å². The number of nitro groups is 1. The second kappa shape index (κ2) is 2.04. The Labute approximate surface area is 65.1 Å². The molecule has 0 amide bonds. The van der Waals surface area contributed by atoms with Crippen LogP contribution in [0.2, 0.25) is 0 Å². The van der Waals surface area contributed by atoms with E-state index in [9.17, 15) is 10.1 Å². The second-order valence-corrected chi connectivity index (χ2v) is 4.33. The molecule has 0 aromatic carbocycles. The third kappa shape index (κ3) is 1.09. The van der Waals surface area contributed by atoms with Gasteiger partial charge in [-0.2, -0.15) is 0 Å². The molecule has 0 spiro atoms. The van der Waals surface area contributed by atoms with Crippen molar-refractivity contribution in [2.45, 2.75) is 3.35 Å². The molecule has 1 aliphatic heterocycles. The molecule has 8 heteroatoms. The third-order valence-electron chi connectivity index (χ3n) is 0.693. The van der Waals surface area contributed by atoms with Crippen LogP contribution >= 0.6 is 0 Å². The molecule has 9 heavy (non-hydrogen) atoms. The van der Waals surface area contributed by atoms with Crippen molar-refractivity contribution < 1.29 is 4.92 Å². The van der Waals surface area contributed by atoms with Gasteiger partial charge in [-0.25, -0.2) is 0 Å². The van der Waals surface area contributed by atoms with E-state index in [-0.39, 0.29) is 25.8 Å². The summed E-state index contributed by atoms with van der Waals surface area (Å²) in [4.78, 5) is 9.48. The van der Waals surface area contributed by atoms with Crippen LogP contribution < -0.4 is 0 Å². The minimum absolute atomic E-state index is 0.00694. The van der Waals surface area contributed by atoms with E-state index in [2.05, 4.69) is 20.7 Å². The van der Waals surface area contributed by atoms with Crippen LogP contribution in [-0.4, -0.2) is 34.0 Å². The molecule has 1 aliphatic rings. The zero-order chi connectivity index (χ0) is 6.91. The van der Waals surface area contributed by atoms with Crippen LogP contribution in [0.3, 0.4) is 0 Å². The number of nitrogens with zero attached hydrogens (tertiary/aromatic N) is 5. The van der Waals surface area contributed by atoms with Crippen molar-refractivity contribution in [3.8, 4) is 0 Å². The fraction of sp³-hybridized carbons (Fsp3) is 1.00. The number of rotatable bonds is 1. The standard InChI is InChI=1S/CN5O2.Pb.H/c7-6(8)1-2-4-5-3-1;;. The Kier molecular flexibility index (Phi) is 1.51. The van der Waals surface area contributed by atoms with Crippen molar-refractivity contribution in [1.29, 1.82) is 0 Å². The van der Waals surface area contributed by atoms with Gasteiger partial charge in [0.25, 0.3) is 0 Å². The zero-order valence-electron chi connectivity index (χ0n) is 4.13. The van der Waals surface area contributed by atoms with Gasteiger partial charge in [-0.1, -0.05) is 0 Å². The minimum atomic E-state index is -1.50. The summed E-state index contributed by atoms with van der Waals surface area (Å²) in [5, 5.41) is 22.6. The first-order valence-corrected chi connectivity index (χ1v) is 4.17. The molecule has 0 aromatic rings. The maximum atomic E-state index is 10.1. The van der Waals surface area contributed by atoms with Crippen molar-refractivity contribution in [1.82, 2.24) is 0 Å². The monoisotopic (exact) mass is 323 g/mol. The zero-order valence-corrected chi connectivity index (χ0v) is 8.62. The quantitative estimate of drug-likeness (QED) is 0.373. The van der Waals surface area contributed by atoms with Gasteiger partial charge >= 0.3 is 64.8 Å². The van der Waals surface area contributed by atoms with E-state index in [1.165, 1.54) is 0 Å². The average molecular weight is 322 g/mol. The van der Waals surface area contributed by atoms with Crippen molar-refractivity contribution in [3.63, 3.8) is 0 Å². The molecule has 0 bridgehead atoms. The van der Waals surface area contributed by atoms with Gasteiger partial charge in [0, 0.05) is 0 Å².